The Morgan fingerprint density at radius 2 is 2.07 bits per heavy atom. The van der Waals surface area contributed by atoms with Gasteiger partial charge in [0.1, 0.15) is 0 Å². The van der Waals surface area contributed by atoms with Gasteiger partial charge >= 0.3 is 5.97 Å². The molecule has 0 bridgehead atoms. The average Bonchev–Trinajstić information content (AvgIpc) is 2.88. The molecule has 0 radical (unpaired) electrons. The Hall–Kier alpha value is -1.31. The van der Waals surface area contributed by atoms with Crippen molar-refractivity contribution in [2.45, 2.75) is 19.8 Å². The number of benzene rings is 1. The Morgan fingerprint density at radius 1 is 1.43 bits per heavy atom. The van der Waals surface area contributed by atoms with Crippen molar-refractivity contribution in [2.24, 2.45) is 11.8 Å². The Labute approximate surface area is 83.6 Å². The topological polar surface area (TPSA) is 37.3 Å². The van der Waals surface area contributed by atoms with E-state index < -0.39 is 5.97 Å². The Kier molecular flexibility index (Phi) is 2.28. The van der Waals surface area contributed by atoms with Crippen molar-refractivity contribution in [3.63, 3.8) is 0 Å². The summed E-state index contributed by atoms with van der Waals surface area (Å²) in [5, 5.41) is 8.75. The van der Waals surface area contributed by atoms with Crippen molar-refractivity contribution in [3.8, 4) is 0 Å². The van der Waals surface area contributed by atoms with Gasteiger partial charge in [-0.1, -0.05) is 29.8 Å². The molecule has 0 aliphatic heterocycles. The van der Waals surface area contributed by atoms with Crippen molar-refractivity contribution in [2.75, 3.05) is 0 Å². The summed E-state index contributed by atoms with van der Waals surface area (Å²) in [4.78, 5) is 10.6. The molecule has 74 valence electrons. The van der Waals surface area contributed by atoms with Crippen LogP contribution in [0.1, 0.15) is 17.5 Å². The Bertz CT molecular complexity index is 340. The van der Waals surface area contributed by atoms with Crippen LogP contribution in [0.5, 0.6) is 0 Å². The van der Waals surface area contributed by atoms with E-state index in [1.807, 2.05) is 0 Å². The summed E-state index contributed by atoms with van der Waals surface area (Å²) >= 11 is 0. The molecule has 0 aromatic heterocycles. The molecule has 14 heavy (non-hydrogen) atoms. The van der Waals surface area contributed by atoms with Crippen LogP contribution in [-0.2, 0) is 11.2 Å². The molecule has 1 aromatic rings. The molecule has 0 amide bonds. The molecule has 1 fully saturated rings. The zero-order valence-corrected chi connectivity index (χ0v) is 8.23. The summed E-state index contributed by atoms with van der Waals surface area (Å²) in [7, 11) is 0. The van der Waals surface area contributed by atoms with Gasteiger partial charge in [0.15, 0.2) is 0 Å². The maximum Gasteiger partial charge on any atom is 0.306 e. The molecule has 0 saturated heterocycles. The van der Waals surface area contributed by atoms with Crippen LogP contribution in [0.4, 0.5) is 0 Å². The van der Waals surface area contributed by atoms with Crippen LogP contribution in [0.15, 0.2) is 24.3 Å². The first-order valence-corrected chi connectivity index (χ1v) is 4.95. The number of hydrogen-bond donors (Lipinski definition) is 1. The predicted octanol–water partition coefficient (Wildman–Crippen LogP) is 2.26. The Morgan fingerprint density at radius 3 is 2.57 bits per heavy atom. The van der Waals surface area contributed by atoms with E-state index in [0.717, 1.165) is 12.8 Å². The molecule has 1 saturated carbocycles. The number of carboxylic acids is 1. The SMILES string of the molecule is Cc1ccc(C[C@H]2C[C@@H]2C(=O)O)cc1. The highest BCUT2D eigenvalue weighted by molar-refractivity contribution is 5.73. The van der Waals surface area contributed by atoms with Crippen molar-refractivity contribution in [1.29, 1.82) is 0 Å². The molecule has 0 spiro atoms. The van der Waals surface area contributed by atoms with E-state index in [1.165, 1.54) is 11.1 Å². The second kappa shape index (κ2) is 3.45. The number of aliphatic carboxylic acids is 1. The van der Waals surface area contributed by atoms with Crippen LogP contribution >= 0.6 is 0 Å². The lowest BCUT2D eigenvalue weighted by Crippen LogP contribution is -2.01. The molecule has 2 rings (SSSR count). The third-order valence-electron chi connectivity index (χ3n) is 2.86. The first-order valence-electron chi connectivity index (χ1n) is 4.95. The summed E-state index contributed by atoms with van der Waals surface area (Å²) in [5.74, 6) is -0.353. The van der Waals surface area contributed by atoms with E-state index in [1.54, 1.807) is 0 Å². The maximum atomic E-state index is 10.6. The third-order valence-corrected chi connectivity index (χ3v) is 2.86. The van der Waals surface area contributed by atoms with Gasteiger partial charge in [0.05, 0.1) is 5.92 Å². The summed E-state index contributed by atoms with van der Waals surface area (Å²) in [6, 6.07) is 8.33. The van der Waals surface area contributed by atoms with Crippen molar-refractivity contribution in [1.82, 2.24) is 0 Å². The molecule has 2 heteroatoms. The molecular weight excluding hydrogens is 176 g/mol. The van der Waals surface area contributed by atoms with E-state index in [0.29, 0.717) is 5.92 Å². The maximum absolute atomic E-state index is 10.6. The lowest BCUT2D eigenvalue weighted by Gasteiger charge is -1.99. The van der Waals surface area contributed by atoms with E-state index >= 15 is 0 Å². The molecule has 1 aliphatic rings. The van der Waals surface area contributed by atoms with Gasteiger partial charge in [-0.25, -0.2) is 0 Å². The molecule has 1 N–H and O–H groups in total. The summed E-state index contributed by atoms with van der Waals surface area (Å²) in [6.45, 7) is 2.06. The van der Waals surface area contributed by atoms with Crippen LogP contribution < -0.4 is 0 Å². The first-order chi connectivity index (χ1) is 6.66. The second-order valence-corrected chi connectivity index (χ2v) is 4.13. The molecule has 0 heterocycles. The fourth-order valence-electron chi connectivity index (χ4n) is 1.80. The highest BCUT2D eigenvalue weighted by Gasteiger charge is 2.42. The largest absolute Gasteiger partial charge is 0.481 e. The number of hydrogen-bond acceptors (Lipinski definition) is 1. The van der Waals surface area contributed by atoms with Gasteiger partial charge in [0.25, 0.3) is 0 Å². The van der Waals surface area contributed by atoms with Gasteiger partial charge in [-0.2, -0.15) is 0 Å². The number of rotatable bonds is 3. The molecular formula is C12H14O2. The lowest BCUT2D eigenvalue weighted by atomic mass is 10.1. The van der Waals surface area contributed by atoms with Crippen LogP contribution in [0.2, 0.25) is 0 Å². The fourth-order valence-corrected chi connectivity index (χ4v) is 1.80. The van der Waals surface area contributed by atoms with Crippen molar-refractivity contribution >= 4 is 5.97 Å². The standard InChI is InChI=1S/C12H14O2/c1-8-2-4-9(5-3-8)6-10-7-11(10)12(13)14/h2-5,10-11H,6-7H2,1H3,(H,13,14)/t10-,11-/m0/s1. The summed E-state index contributed by atoms with van der Waals surface area (Å²) < 4.78 is 0. The highest BCUT2D eigenvalue weighted by Crippen LogP contribution is 2.41. The summed E-state index contributed by atoms with van der Waals surface area (Å²) in [5.41, 5.74) is 2.50. The van der Waals surface area contributed by atoms with Crippen LogP contribution in [0.3, 0.4) is 0 Å². The van der Waals surface area contributed by atoms with Gasteiger partial charge < -0.3 is 5.11 Å². The smallest absolute Gasteiger partial charge is 0.306 e. The van der Waals surface area contributed by atoms with Gasteiger partial charge in [-0.3, -0.25) is 4.79 Å². The fraction of sp³-hybridized carbons (Fsp3) is 0.417. The minimum absolute atomic E-state index is 0.0868. The zero-order valence-electron chi connectivity index (χ0n) is 8.23. The number of carboxylic acid groups (broad SMARTS) is 1. The van der Waals surface area contributed by atoms with E-state index in [4.69, 9.17) is 5.11 Å². The van der Waals surface area contributed by atoms with Crippen LogP contribution in [0.25, 0.3) is 0 Å². The molecule has 0 unspecified atom stereocenters. The molecule has 2 nitrogen and oxygen atoms in total. The molecule has 2 atom stereocenters. The third kappa shape index (κ3) is 1.95. The van der Waals surface area contributed by atoms with E-state index in [-0.39, 0.29) is 5.92 Å². The minimum atomic E-state index is -0.637. The van der Waals surface area contributed by atoms with Crippen LogP contribution in [-0.4, -0.2) is 11.1 Å². The zero-order chi connectivity index (χ0) is 10.1. The monoisotopic (exact) mass is 190 g/mol. The van der Waals surface area contributed by atoms with Crippen molar-refractivity contribution in [3.05, 3.63) is 35.4 Å². The van der Waals surface area contributed by atoms with E-state index in [2.05, 4.69) is 31.2 Å². The quantitative estimate of drug-likeness (QED) is 0.793. The Balaban J connectivity index is 1.94. The van der Waals surface area contributed by atoms with Gasteiger partial charge in [0.2, 0.25) is 0 Å². The van der Waals surface area contributed by atoms with Gasteiger partial charge in [0, 0.05) is 0 Å². The van der Waals surface area contributed by atoms with E-state index in [9.17, 15) is 4.79 Å². The second-order valence-electron chi connectivity index (χ2n) is 4.13. The van der Waals surface area contributed by atoms with Gasteiger partial charge in [-0.15, -0.1) is 0 Å². The normalized spacial score (nSPS) is 24.6. The predicted molar refractivity (Wildman–Crippen MR) is 54.1 cm³/mol. The highest BCUT2D eigenvalue weighted by atomic mass is 16.4. The van der Waals surface area contributed by atoms with Gasteiger partial charge in [-0.05, 0) is 31.2 Å². The molecule has 1 aromatic carbocycles. The first kappa shape index (κ1) is 9.25. The molecule has 1 aliphatic carbocycles. The van der Waals surface area contributed by atoms with Crippen molar-refractivity contribution < 1.29 is 9.90 Å². The minimum Gasteiger partial charge on any atom is -0.481 e. The number of carbonyl (C=O) groups is 1. The summed E-state index contributed by atoms with van der Waals surface area (Å²) in [6.07, 6.45) is 1.76. The van der Waals surface area contributed by atoms with Crippen LogP contribution in [0, 0.1) is 18.8 Å². The lowest BCUT2D eigenvalue weighted by molar-refractivity contribution is -0.138. The average molecular weight is 190 g/mol. The number of aryl methyl sites for hydroxylation is 1.